The molecular weight excluding hydrogens is 244 g/mol. The van der Waals surface area contributed by atoms with Gasteiger partial charge in [-0.05, 0) is 32.4 Å². The molecule has 106 valence electrons. The Balaban J connectivity index is 2.70. The number of likely N-dealkylation sites (N-methyl/N-ethyl adjacent to an activating group) is 1. The minimum Gasteiger partial charge on any atom is -0.476 e. The molecule has 4 N–H and O–H groups in total. The van der Waals surface area contributed by atoms with E-state index >= 15 is 0 Å². The fourth-order valence-corrected chi connectivity index (χ4v) is 1.46. The number of carbonyl (C=O) groups is 1. The number of anilines is 2. The lowest BCUT2D eigenvalue weighted by Crippen LogP contribution is -2.37. The zero-order valence-electron chi connectivity index (χ0n) is 11.7. The highest BCUT2D eigenvalue weighted by molar-refractivity contribution is 5.83. The van der Waals surface area contributed by atoms with Crippen LogP contribution < -0.4 is 21.1 Å². The maximum Gasteiger partial charge on any atom is 0.242 e. The fraction of sp³-hybridized carbons (Fsp3) is 0.538. The number of rotatable bonds is 7. The summed E-state index contributed by atoms with van der Waals surface area (Å²) < 4.78 is 5.44. The van der Waals surface area contributed by atoms with Gasteiger partial charge in [0.25, 0.3) is 0 Å². The maximum absolute atomic E-state index is 11.6. The number of nitrogens with one attached hydrogen (secondary N) is 2. The second kappa shape index (κ2) is 7.45. The summed E-state index contributed by atoms with van der Waals surface area (Å²) in [4.78, 5) is 15.9. The summed E-state index contributed by atoms with van der Waals surface area (Å²) in [6, 6.07) is 3.07. The van der Waals surface area contributed by atoms with Crippen LogP contribution in [0, 0.1) is 0 Å². The molecule has 1 atom stereocenters. The van der Waals surface area contributed by atoms with E-state index in [2.05, 4.69) is 15.6 Å². The molecule has 0 aliphatic rings. The quantitative estimate of drug-likeness (QED) is 0.694. The Hall–Kier alpha value is -1.98. The van der Waals surface area contributed by atoms with Crippen molar-refractivity contribution < 1.29 is 9.53 Å². The van der Waals surface area contributed by atoms with Crippen LogP contribution in [0.5, 0.6) is 5.88 Å². The van der Waals surface area contributed by atoms with E-state index in [0.29, 0.717) is 30.5 Å². The highest BCUT2D eigenvalue weighted by Crippen LogP contribution is 2.21. The van der Waals surface area contributed by atoms with E-state index in [1.165, 1.54) is 0 Å². The summed E-state index contributed by atoms with van der Waals surface area (Å²) in [6.45, 7) is 6.82. The van der Waals surface area contributed by atoms with Gasteiger partial charge < -0.3 is 21.1 Å². The predicted octanol–water partition coefficient (Wildman–Crippen LogP) is 1.39. The van der Waals surface area contributed by atoms with Crippen LogP contribution in [-0.4, -0.2) is 30.1 Å². The van der Waals surface area contributed by atoms with Gasteiger partial charge in [-0.3, -0.25) is 4.79 Å². The Morgan fingerprint density at radius 2 is 2.21 bits per heavy atom. The van der Waals surface area contributed by atoms with E-state index in [1.54, 1.807) is 19.1 Å². The third kappa shape index (κ3) is 4.65. The highest BCUT2D eigenvalue weighted by atomic mass is 16.5. The first-order valence-electron chi connectivity index (χ1n) is 6.52. The average molecular weight is 266 g/mol. The molecular formula is C13H22N4O2. The third-order valence-corrected chi connectivity index (χ3v) is 2.44. The van der Waals surface area contributed by atoms with Crippen molar-refractivity contribution in [3.63, 3.8) is 0 Å². The smallest absolute Gasteiger partial charge is 0.242 e. The van der Waals surface area contributed by atoms with Crippen LogP contribution >= 0.6 is 0 Å². The number of nitrogen functional groups attached to an aromatic ring is 1. The molecule has 1 rings (SSSR count). The zero-order valence-corrected chi connectivity index (χ0v) is 11.7. The predicted molar refractivity (Wildman–Crippen MR) is 76.2 cm³/mol. The Morgan fingerprint density at radius 1 is 1.47 bits per heavy atom. The Morgan fingerprint density at radius 3 is 2.84 bits per heavy atom. The molecule has 1 heterocycles. The molecule has 0 radical (unpaired) electrons. The van der Waals surface area contributed by atoms with Crippen molar-refractivity contribution in [3.05, 3.63) is 12.1 Å². The molecule has 6 heteroatoms. The lowest BCUT2D eigenvalue weighted by molar-refractivity contribution is -0.121. The van der Waals surface area contributed by atoms with E-state index in [4.69, 9.17) is 10.5 Å². The minimum atomic E-state index is -0.366. The van der Waals surface area contributed by atoms with Crippen molar-refractivity contribution >= 4 is 17.4 Å². The molecule has 0 fully saturated rings. The molecule has 0 spiro atoms. The highest BCUT2D eigenvalue weighted by Gasteiger charge is 2.13. The third-order valence-electron chi connectivity index (χ3n) is 2.44. The monoisotopic (exact) mass is 266 g/mol. The van der Waals surface area contributed by atoms with E-state index < -0.39 is 0 Å². The van der Waals surface area contributed by atoms with Gasteiger partial charge in [0.05, 0.1) is 12.3 Å². The lowest BCUT2D eigenvalue weighted by Gasteiger charge is -2.15. The van der Waals surface area contributed by atoms with E-state index in [0.717, 1.165) is 6.42 Å². The van der Waals surface area contributed by atoms with Gasteiger partial charge in [0, 0.05) is 6.54 Å². The second-order valence-electron chi connectivity index (χ2n) is 4.20. The first-order valence-corrected chi connectivity index (χ1v) is 6.52. The molecule has 6 nitrogen and oxygen atoms in total. The molecule has 1 unspecified atom stereocenters. The summed E-state index contributed by atoms with van der Waals surface area (Å²) in [5, 5.41) is 5.75. The topological polar surface area (TPSA) is 89.3 Å². The van der Waals surface area contributed by atoms with Gasteiger partial charge in [-0.15, -0.1) is 0 Å². The standard InChI is InChI=1S/C13H22N4O2/c1-4-8-19-13-10(14)6-7-11(17-13)16-9(3)12(18)15-5-2/h6-7,9H,4-5,8,14H2,1-3H3,(H,15,18)(H,16,17). The van der Waals surface area contributed by atoms with Gasteiger partial charge in [-0.1, -0.05) is 6.92 Å². The lowest BCUT2D eigenvalue weighted by atomic mass is 10.3. The Kier molecular flexibility index (Phi) is 5.92. The molecule has 0 bridgehead atoms. The summed E-state index contributed by atoms with van der Waals surface area (Å²) in [6.07, 6.45) is 0.883. The molecule has 0 aliphatic carbocycles. The summed E-state index contributed by atoms with van der Waals surface area (Å²) in [5.74, 6) is 0.895. The summed E-state index contributed by atoms with van der Waals surface area (Å²) in [5.41, 5.74) is 6.26. The molecule has 1 aromatic rings. The Bertz CT molecular complexity index is 423. The molecule has 0 aliphatic heterocycles. The normalized spacial score (nSPS) is 11.7. The summed E-state index contributed by atoms with van der Waals surface area (Å²) in [7, 11) is 0. The first kappa shape index (κ1) is 15.1. The molecule has 1 amide bonds. The number of ether oxygens (including phenoxy) is 1. The SMILES string of the molecule is CCCOc1nc(NC(C)C(=O)NCC)ccc1N. The van der Waals surface area contributed by atoms with Crippen molar-refractivity contribution in [2.24, 2.45) is 0 Å². The van der Waals surface area contributed by atoms with Crippen LogP contribution in [0.4, 0.5) is 11.5 Å². The number of aromatic nitrogens is 1. The molecule has 0 saturated heterocycles. The Labute approximate surface area is 113 Å². The zero-order chi connectivity index (χ0) is 14.3. The number of hydrogen-bond acceptors (Lipinski definition) is 5. The average Bonchev–Trinajstić information content (AvgIpc) is 2.39. The van der Waals surface area contributed by atoms with E-state index in [-0.39, 0.29) is 11.9 Å². The largest absolute Gasteiger partial charge is 0.476 e. The van der Waals surface area contributed by atoms with Crippen molar-refractivity contribution in [3.8, 4) is 5.88 Å². The van der Waals surface area contributed by atoms with Crippen LogP contribution in [0.1, 0.15) is 27.2 Å². The first-order chi connectivity index (χ1) is 9.08. The van der Waals surface area contributed by atoms with Crippen LogP contribution in [-0.2, 0) is 4.79 Å². The fourth-order valence-electron chi connectivity index (χ4n) is 1.46. The maximum atomic E-state index is 11.6. The van der Waals surface area contributed by atoms with Gasteiger partial charge in [-0.25, -0.2) is 0 Å². The molecule has 19 heavy (non-hydrogen) atoms. The van der Waals surface area contributed by atoms with Crippen LogP contribution in [0.2, 0.25) is 0 Å². The van der Waals surface area contributed by atoms with Gasteiger partial charge in [0.2, 0.25) is 11.8 Å². The van der Waals surface area contributed by atoms with Crippen molar-refractivity contribution in [2.45, 2.75) is 33.2 Å². The van der Waals surface area contributed by atoms with E-state index in [9.17, 15) is 4.79 Å². The molecule has 0 aromatic carbocycles. The number of amides is 1. The van der Waals surface area contributed by atoms with Gasteiger partial charge in [0.1, 0.15) is 11.9 Å². The number of nitrogens with zero attached hydrogens (tertiary/aromatic N) is 1. The number of nitrogens with two attached hydrogens (primary N) is 1. The van der Waals surface area contributed by atoms with Crippen molar-refractivity contribution in [1.29, 1.82) is 0 Å². The molecule has 0 saturated carbocycles. The minimum absolute atomic E-state index is 0.0721. The number of hydrogen-bond donors (Lipinski definition) is 3. The van der Waals surface area contributed by atoms with Gasteiger partial charge in [-0.2, -0.15) is 4.98 Å². The number of pyridine rings is 1. The summed E-state index contributed by atoms with van der Waals surface area (Å²) >= 11 is 0. The van der Waals surface area contributed by atoms with Gasteiger partial charge >= 0.3 is 0 Å². The molecule has 1 aromatic heterocycles. The number of carbonyl (C=O) groups excluding carboxylic acids is 1. The van der Waals surface area contributed by atoms with Crippen molar-refractivity contribution in [1.82, 2.24) is 10.3 Å². The van der Waals surface area contributed by atoms with Crippen LogP contribution in [0.25, 0.3) is 0 Å². The van der Waals surface area contributed by atoms with Gasteiger partial charge in [0.15, 0.2) is 0 Å². The van der Waals surface area contributed by atoms with E-state index in [1.807, 2.05) is 13.8 Å². The van der Waals surface area contributed by atoms with Crippen molar-refractivity contribution in [2.75, 3.05) is 24.2 Å². The second-order valence-corrected chi connectivity index (χ2v) is 4.20. The van der Waals surface area contributed by atoms with Crippen LogP contribution in [0.15, 0.2) is 12.1 Å². The van der Waals surface area contributed by atoms with Crippen LogP contribution in [0.3, 0.4) is 0 Å².